The predicted octanol–water partition coefficient (Wildman–Crippen LogP) is 2.19. The van der Waals surface area contributed by atoms with Crippen molar-refractivity contribution < 1.29 is 17.9 Å². The molecule has 2 N–H and O–H groups in total. The first-order chi connectivity index (χ1) is 9.77. The molecule has 0 radical (unpaired) electrons. The summed E-state index contributed by atoms with van der Waals surface area (Å²) < 4.78 is 41.1. The molecule has 7 heteroatoms. The molecule has 1 unspecified atom stereocenters. The van der Waals surface area contributed by atoms with E-state index < -0.39 is 22.4 Å². The largest absolute Gasteiger partial charge is 0.392 e. The molecule has 0 aliphatic carbocycles. The third-order valence-electron chi connectivity index (χ3n) is 3.77. The van der Waals surface area contributed by atoms with Crippen LogP contribution in [0.4, 0.5) is 4.39 Å². The van der Waals surface area contributed by atoms with E-state index >= 15 is 0 Å². The Hall–Kier alpha value is -0.630. The van der Waals surface area contributed by atoms with Gasteiger partial charge in [-0.25, -0.2) is 17.5 Å². The molecule has 1 fully saturated rings. The summed E-state index contributed by atoms with van der Waals surface area (Å²) in [5, 5.41) is 9.10. The minimum atomic E-state index is -3.79. The van der Waals surface area contributed by atoms with Gasteiger partial charge in [0.2, 0.25) is 10.0 Å². The highest BCUT2D eigenvalue weighted by molar-refractivity contribution is 8.01. The average molecular weight is 333 g/mol. The lowest BCUT2D eigenvalue weighted by atomic mass is 10.1. The second-order valence-electron chi connectivity index (χ2n) is 5.59. The standard InChI is InChI=1S/C14H20FNO3S2/c1-10-12(15)6-11(8-17)7-13(10)21(18,19)16-9-14(2)4-3-5-20-14/h6-7,16-17H,3-5,8-9H2,1-2H3. The predicted molar refractivity (Wildman–Crippen MR) is 82.3 cm³/mol. The molecule has 21 heavy (non-hydrogen) atoms. The average Bonchev–Trinajstić information content (AvgIpc) is 2.87. The van der Waals surface area contributed by atoms with E-state index in [1.54, 1.807) is 11.8 Å². The van der Waals surface area contributed by atoms with Crippen LogP contribution in [0.5, 0.6) is 0 Å². The van der Waals surface area contributed by atoms with Gasteiger partial charge in [-0.1, -0.05) is 0 Å². The number of aliphatic hydroxyl groups excluding tert-OH is 1. The first-order valence-corrected chi connectivity index (χ1v) is 9.28. The van der Waals surface area contributed by atoms with Crippen molar-refractivity contribution in [1.29, 1.82) is 0 Å². The number of benzene rings is 1. The Balaban J connectivity index is 2.25. The highest BCUT2D eigenvalue weighted by atomic mass is 32.2. The fourth-order valence-electron chi connectivity index (χ4n) is 2.38. The van der Waals surface area contributed by atoms with Gasteiger partial charge in [0.15, 0.2) is 0 Å². The van der Waals surface area contributed by atoms with Crippen LogP contribution in [0.3, 0.4) is 0 Å². The number of hydrogen-bond acceptors (Lipinski definition) is 4. The first-order valence-electron chi connectivity index (χ1n) is 6.81. The second kappa shape index (κ2) is 6.24. The van der Waals surface area contributed by atoms with Crippen LogP contribution >= 0.6 is 11.8 Å². The lowest BCUT2D eigenvalue weighted by Gasteiger charge is -2.23. The molecule has 1 heterocycles. The fraction of sp³-hybridized carbons (Fsp3) is 0.571. The van der Waals surface area contributed by atoms with E-state index in [0.29, 0.717) is 6.54 Å². The summed E-state index contributed by atoms with van der Waals surface area (Å²) in [6, 6.07) is 2.48. The van der Waals surface area contributed by atoms with E-state index in [9.17, 15) is 12.8 Å². The van der Waals surface area contributed by atoms with Crippen LogP contribution in [0, 0.1) is 12.7 Å². The highest BCUT2D eigenvalue weighted by Crippen LogP contribution is 2.37. The zero-order valence-electron chi connectivity index (χ0n) is 12.1. The summed E-state index contributed by atoms with van der Waals surface area (Å²) in [5.41, 5.74) is 0.323. The molecule has 2 rings (SSSR count). The number of nitrogens with one attached hydrogen (secondary N) is 1. The van der Waals surface area contributed by atoms with Crippen molar-refractivity contribution in [3.63, 3.8) is 0 Å². The Labute approximate surface area is 129 Å². The molecular formula is C14H20FNO3S2. The number of hydrogen-bond donors (Lipinski definition) is 2. The van der Waals surface area contributed by atoms with Gasteiger partial charge in [0.05, 0.1) is 11.5 Å². The third-order valence-corrected chi connectivity index (χ3v) is 6.83. The molecule has 0 amide bonds. The van der Waals surface area contributed by atoms with E-state index in [1.807, 2.05) is 6.92 Å². The maximum atomic E-state index is 13.8. The summed E-state index contributed by atoms with van der Waals surface area (Å²) in [6.07, 6.45) is 2.04. The first kappa shape index (κ1) is 16.7. The zero-order valence-corrected chi connectivity index (χ0v) is 13.8. The Morgan fingerprint density at radius 1 is 1.48 bits per heavy atom. The molecule has 1 aliphatic heterocycles. The van der Waals surface area contributed by atoms with Crippen molar-refractivity contribution >= 4 is 21.8 Å². The normalized spacial score (nSPS) is 22.7. The van der Waals surface area contributed by atoms with E-state index in [0.717, 1.165) is 24.7 Å². The smallest absolute Gasteiger partial charge is 0.240 e. The summed E-state index contributed by atoms with van der Waals surface area (Å²) in [7, 11) is -3.79. The van der Waals surface area contributed by atoms with Gasteiger partial charge in [-0.2, -0.15) is 11.8 Å². The maximum Gasteiger partial charge on any atom is 0.240 e. The maximum absolute atomic E-state index is 13.8. The Kier molecular flexibility index (Phi) is 4.97. The topological polar surface area (TPSA) is 66.4 Å². The molecule has 1 atom stereocenters. The van der Waals surface area contributed by atoms with Crippen LogP contribution in [0.15, 0.2) is 17.0 Å². The van der Waals surface area contributed by atoms with Gasteiger partial charge >= 0.3 is 0 Å². The minimum Gasteiger partial charge on any atom is -0.392 e. The van der Waals surface area contributed by atoms with E-state index in [-0.39, 0.29) is 20.8 Å². The molecule has 0 aromatic heterocycles. The monoisotopic (exact) mass is 333 g/mol. The van der Waals surface area contributed by atoms with Gasteiger partial charge in [0.25, 0.3) is 0 Å². The fourth-order valence-corrected chi connectivity index (χ4v) is 5.19. The summed E-state index contributed by atoms with van der Waals surface area (Å²) >= 11 is 1.75. The Morgan fingerprint density at radius 3 is 2.76 bits per heavy atom. The van der Waals surface area contributed by atoms with Gasteiger partial charge in [-0.05, 0) is 50.1 Å². The van der Waals surface area contributed by atoms with Crippen molar-refractivity contribution in [2.75, 3.05) is 12.3 Å². The lowest BCUT2D eigenvalue weighted by molar-refractivity contribution is 0.281. The quantitative estimate of drug-likeness (QED) is 0.867. The molecule has 0 spiro atoms. The van der Waals surface area contributed by atoms with Gasteiger partial charge < -0.3 is 5.11 Å². The zero-order chi connectivity index (χ0) is 15.7. The Bertz CT molecular complexity index is 625. The van der Waals surface area contributed by atoms with Crippen LogP contribution in [-0.4, -0.2) is 30.6 Å². The van der Waals surface area contributed by atoms with Crippen molar-refractivity contribution in [2.24, 2.45) is 0 Å². The van der Waals surface area contributed by atoms with Crippen molar-refractivity contribution in [2.45, 2.75) is 42.9 Å². The van der Waals surface area contributed by atoms with Crippen LogP contribution < -0.4 is 4.72 Å². The molecule has 0 bridgehead atoms. The van der Waals surface area contributed by atoms with Gasteiger partial charge in [0.1, 0.15) is 5.82 Å². The van der Waals surface area contributed by atoms with Crippen LogP contribution in [0.2, 0.25) is 0 Å². The summed E-state index contributed by atoms with van der Waals surface area (Å²) in [5.74, 6) is 0.412. The number of thioether (sulfide) groups is 1. The number of aliphatic hydroxyl groups is 1. The van der Waals surface area contributed by atoms with Crippen molar-refractivity contribution in [3.05, 3.63) is 29.1 Å². The number of rotatable bonds is 5. The van der Waals surface area contributed by atoms with E-state index in [2.05, 4.69) is 4.72 Å². The minimum absolute atomic E-state index is 0.0731. The highest BCUT2D eigenvalue weighted by Gasteiger charge is 2.31. The lowest BCUT2D eigenvalue weighted by Crippen LogP contribution is -2.37. The van der Waals surface area contributed by atoms with Gasteiger partial charge in [0, 0.05) is 16.9 Å². The number of halogens is 1. The van der Waals surface area contributed by atoms with Crippen molar-refractivity contribution in [1.82, 2.24) is 4.72 Å². The summed E-state index contributed by atoms with van der Waals surface area (Å²) in [4.78, 5) is -0.0989. The van der Waals surface area contributed by atoms with E-state index in [1.165, 1.54) is 13.0 Å². The molecular weight excluding hydrogens is 313 g/mol. The molecule has 1 aromatic carbocycles. The third kappa shape index (κ3) is 3.77. The molecule has 118 valence electrons. The molecule has 1 aromatic rings. The van der Waals surface area contributed by atoms with Gasteiger partial charge in [-0.15, -0.1) is 0 Å². The molecule has 0 saturated carbocycles. The van der Waals surface area contributed by atoms with Crippen LogP contribution in [0.1, 0.15) is 30.9 Å². The Morgan fingerprint density at radius 2 is 2.19 bits per heavy atom. The number of sulfonamides is 1. The molecule has 1 aliphatic rings. The van der Waals surface area contributed by atoms with Gasteiger partial charge in [-0.3, -0.25) is 0 Å². The molecule has 1 saturated heterocycles. The van der Waals surface area contributed by atoms with Crippen LogP contribution in [0.25, 0.3) is 0 Å². The van der Waals surface area contributed by atoms with Crippen molar-refractivity contribution in [3.8, 4) is 0 Å². The molecule has 4 nitrogen and oxygen atoms in total. The van der Waals surface area contributed by atoms with Crippen LogP contribution in [-0.2, 0) is 16.6 Å². The van der Waals surface area contributed by atoms with E-state index in [4.69, 9.17) is 5.11 Å². The SMILES string of the molecule is Cc1c(F)cc(CO)cc1S(=O)(=O)NCC1(C)CCCS1. The summed E-state index contributed by atoms with van der Waals surface area (Å²) in [6.45, 7) is 3.39. The second-order valence-corrected chi connectivity index (χ2v) is 9.00.